The molecule has 0 saturated heterocycles. The Morgan fingerprint density at radius 3 is 2.90 bits per heavy atom. The summed E-state index contributed by atoms with van der Waals surface area (Å²) in [5, 5.41) is 24.5. The zero-order valence-electron chi connectivity index (χ0n) is 16.6. The van der Waals surface area contributed by atoms with Gasteiger partial charge in [-0.3, -0.25) is 9.89 Å². The van der Waals surface area contributed by atoms with Crippen molar-refractivity contribution in [2.45, 2.75) is 20.0 Å². The number of nitrogens with one attached hydrogen (secondary N) is 3. The quantitative estimate of drug-likeness (QED) is 0.459. The number of phenolic OH excluding ortho intramolecular Hbond substituents is 1. The lowest BCUT2D eigenvalue weighted by molar-refractivity contribution is 0.0748. The van der Waals surface area contributed by atoms with Crippen LogP contribution in [-0.2, 0) is 13.1 Å². The van der Waals surface area contributed by atoms with Crippen molar-refractivity contribution in [2.24, 2.45) is 0 Å². The summed E-state index contributed by atoms with van der Waals surface area (Å²) in [6.07, 6.45) is 0. The number of aromatic amines is 1. The SMILES string of the molecule is CCNc1n[nH]c2cc(O)c(C(=O)N3Cc4ccc(OCCNC)cc4C3)cc12. The molecule has 3 aromatic rings. The van der Waals surface area contributed by atoms with Gasteiger partial charge in [-0.05, 0) is 43.3 Å². The van der Waals surface area contributed by atoms with Crippen LogP contribution in [0.5, 0.6) is 11.5 Å². The predicted octanol–water partition coefficient (Wildman–Crippen LogP) is 2.45. The maximum absolute atomic E-state index is 13.1. The van der Waals surface area contributed by atoms with Gasteiger partial charge in [-0.15, -0.1) is 0 Å². The van der Waals surface area contributed by atoms with Gasteiger partial charge < -0.3 is 25.4 Å². The number of aromatic nitrogens is 2. The lowest BCUT2D eigenvalue weighted by Gasteiger charge is -2.16. The van der Waals surface area contributed by atoms with Gasteiger partial charge in [0.2, 0.25) is 0 Å². The molecule has 4 N–H and O–H groups in total. The van der Waals surface area contributed by atoms with E-state index < -0.39 is 0 Å². The van der Waals surface area contributed by atoms with Gasteiger partial charge in [0.25, 0.3) is 5.91 Å². The highest BCUT2D eigenvalue weighted by Gasteiger charge is 2.27. The van der Waals surface area contributed by atoms with Crippen LogP contribution in [0, 0.1) is 0 Å². The summed E-state index contributed by atoms with van der Waals surface area (Å²) < 4.78 is 5.72. The number of likely N-dealkylation sites (N-methyl/N-ethyl adjacent to an activating group) is 1. The number of carbonyl (C=O) groups excluding carboxylic acids is 1. The van der Waals surface area contributed by atoms with E-state index in [1.165, 1.54) is 0 Å². The molecule has 0 unspecified atom stereocenters. The van der Waals surface area contributed by atoms with E-state index >= 15 is 0 Å². The number of aromatic hydroxyl groups is 1. The van der Waals surface area contributed by atoms with Crippen LogP contribution in [-0.4, -0.2) is 52.9 Å². The Bertz CT molecular complexity index is 1050. The van der Waals surface area contributed by atoms with Crippen LogP contribution >= 0.6 is 0 Å². The average Bonchev–Trinajstić information content (AvgIpc) is 3.31. The van der Waals surface area contributed by atoms with Crippen LogP contribution < -0.4 is 15.4 Å². The number of benzene rings is 2. The summed E-state index contributed by atoms with van der Waals surface area (Å²) in [4.78, 5) is 14.9. The van der Waals surface area contributed by atoms with Crippen molar-refractivity contribution in [3.05, 3.63) is 47.0 Å². The molecule has 0 radical (unpaired) electrons. The largest absolute Gasteiger partial charge is 0.507 e. The fraction of sp³-hybridized carbons (Fsp3) is 0.333. The minimum absolute atomic E-state index is 0.0544. The van der Waals surface area contributed by atoms with Gasteiger partial charge in [-0.2, -0.15) is 5.10 Å². The lowest BCUT2D eigenvalue weighted by Crippen LogP contribution is -2.25. The Kier molecular flexibility index (Phi) is 5.26. The van der Waals surface area contributed by atoms with Crippen molar-refractivity contribution < 1.29 is 14.6 Å². The zero-order chi connectivity index (χ0) is 20.4. The molecule has 4 rings (SSSR count). The third-order valence-corrected chi connectivity index (χ3v) is 5.06. The van der Waals surface area contributed by atoms with Crippen molar-refractivity contribution >= 4 is 22.6 Å². The number of fused-ring (bicyclic) bond motifs is 2. The predicted molar refractivity (Wildman–Crippen MR) is 111 cm³/mol. The molecule has 8 nitrogen and oxygen atoms in total. The topological polar surface area (TPSA) is 103 Å². The minimum atomic E-state index is -0.207. The molecule has 0 fully saturated rings. The maximum atomic E-state index is 13.1. The average molecular weight is 395 g/mol. The molecule has 29 heavy (non-hydrogen) atoms. The summed E-state index contributed by atoms with van der Waals surface area (Å²) in [6, 6.07) is 9.16. The Morgan fingerprint density at radius 1 is 1.28 bits per heavy atom. The highest BCUT2D eigenvalue weighted by molar-refractivity contribution is 6.03. The normalized spacial score (nSPS) is 13.0. The van der Waals surface area contributed by atoms with Crippen molar-refractivity contribution in [1.29, 1.82) is 0 Å². The van der Waals surface area contributed by atoms with Crippen LogP contribution in [0.4, 0.5) is 5.82 Å². The number of ether oxygens (including phenoxy) is 1. The molecule has 0 bridgehead atoms. The summed E-state index contributed by atoms with van der Waals surface area (Å²) in [5.74, 6) is 1.21. The molecule has 2 aromatic carbocycles. The summed E-state index contributed by atoms with van der Waals surface area (Å²) in [6.45, 7) is 5.04. The molecule has 1 aliphatic heterocycles. The van der Waals surface area contributed by atoms with E-state index in [1.807, 2.05) is 32.2 Å². The van der Waals surface area contributed by atoms with E-state index in [4.69, 9.17) is 4.74 Å². The van der Waals surface area contributed by atoms with Gasteiger partial charge in [0.1, 0.15) is 18.1 Å². The molecular weight excluding hydrogens is 370 g/mol. The molecule has 0 saturated carbocycles. The Hall–Kier alpha value is -3.26. The molecule has 1 aliphatic rings. The molecular formula is C21H25N5O3. The van der Waals surface area contributed by atoms with E-state index in [0.29, 0.717) is 37.6 Å². The number of nitrogens with zero attached hydrogens (tertiary/aromatic N) is 2. The van der Waals surface area contributed by atoms with Gasteiger partial charge in [-0.1, -0.05) is 6.07 Å². The highest BCUT2D eigenvalue weighted by atomic mass is 16.5. The number of hydrogen-bond donors (Lipinski definition) is 4. The number of hydrogen-bond acceptors (Lipinski definition) is 6. The van der Waals surface area contributed by atoms with Crippen LogP contribution in [0.2, 0.25) is 0 Å². The van der Waals surface area contributed by atoms with Gasteiger partial charge in [-0.25, -0.2) is 0 Å². The van der Waals surface area contributed by atoms with Gasteiger partial charge in [0.05, 0.1) is 11.1 Å². The van der Waals surface area contributed by atoms with Crippen LogP contribution in [0.3, 0.4) is 0 Å². The monoisotopic (exact) mass is 395 g/mol. The molecule has 8 heteroatoms. The van der Waals surface area contributed by atoms with Gasteiger partial charge in [0.15, 0.2) is 5.82 Å². The molecule has 0 atom stereocenters. The number of H-pyrrole nitrogens is 1. The maximum Gasteiger partial charge on any atom is 0.258 e. The molecule has 1 aromatic heterocycles. The first-order valence-electron chi connectivity index (χ1n) is 9.74. The molecule has 2 heterocycles. The van der Waals surface area contributed by atoms with E-state index in [1.54, 1.807) is 17.0 Å². The second kappa shape index (κ2) is 8.00. The van der Waals surface area contributed by atoms with E-state index in [9.17, 15) is 9.90 Å². The highest BCUT2D eigenvalue weighted by Crippen LogP contribution is 2.32. The van der Waals surface area contributed by atoms with E-state index in [-0.39, 0.29) is 17.2 Å². The number of carbonyl (C=O) groups is 1. The summed E-state index contributed by atoms with van der Waals surface area (Å²) >= 11 is 0. The number of rotatable bonds is 7. The fourth-order valence-electron chi connectivity index (χ4n) is 3.57. The van der Waals surface area contributed by atoms with Crippen LogP contribution in [0.1, 0.15) is 28.4 Å². The minimum Gasteiger partial charge on any atom is -0.507 e. The lowest BCUT2D eigenvalue weighted by atomic mass is 10.1. The molecule has 152 valence electrons. The second-order valence-electron chi connectivity index (χ2n) is 7.06. The van der Waals surface area contributed by atoms with Crippen LogP contribution in [0.25, 0.3) is 10.9 Å². The first kappa shape index (κ1) is 19.1. The first-order chi connectivity index (χ1) is 14.1. The first-order valence-corrected chi connectivity index (χ1v) is 9.74. The van der Waals surface area contributed by atoms with Crippen molar-refractivity contribution in [3.63, 3.8) is 0 Å². The standard InChI is InChI=1S/C21H25N5O3/c1-3-23-20-16-9-17(19(27)10-18(16)24-25-20)21(28)26-11-13-4-5-15(8-14(13)12-26)29-7-6-22-2/h4-5,8-10,22,27H,3,6-7,11-12H2,1-2H3,(H2,23,24,25). The van der Waals surface area contributed by atoms with Crippen molar-refractivity contribution in [2.75, 3.05) is 32.1 Å². The van der Waals surface area contributed by atoms with Crippen LogP contribution in [0.15, 0.2) is 30.3 Å². The van der Waals surface area contributed by atoms with Crippen molar-refractivity contribution in [3.8, 4) is 11.5 Å². The summed E-state index contributed by atoms with van der Waals surface area (Å²) in [7, 11) is 1.88. The van der Waals surface area contributed by atoms with Gasteiger partial charge in [0, 0.05) is 37.6 Å². The summed E-state index contributed by atoms with van der Waals surface area (Å²) in [5.41, 5.74) is 3.12. The number of amides is 1. The van der Waals surface area contributed by atoms with E-state index in [0.717, 1.165) is 28.8 Å². The van der Waals surface area contributed by atoms with E-state index in [2.05, 4.69) is 20.8 Å². The Balaban J connectivity index is 1.55. The third-order valence-electron chi connectivity index (χ3n) is 5.06. The Labute approximate surface area is 168 Å². The van der Waals surface area contributed by atoms with Gasteiger partial charge >= 0.3 is 0 Å². The molecule has 0 aliphatic carbocycles. The number of anilines is 1. The Morgan fingerprint density at radius 2 is 2.10 bits per heavy atom. The molecule has 0 spiro atoms. The third kappa shape index (κ3) is 3.71. The fourth-order valence-corrected chi connectivity index (χ4v) is 3.57. The second-order valence-corrected chi connectivity index (χ2v) is 7.06. The molecule has 1 amide bonds. The smallest absolute Gasteiger partial charge is 0.258 e. The number of phenols is 1. The van der Waals surface area contributed by atoms with Crippen molar-refractivity contribution in [1.82, 2.24) is 20.4 Å². The zero-order valence-corrected chi connectivity index (χ0v) is 16.6.